The molecule has 12 heavy (non-hydrogen) atoms. The van der Waals surface area contributed by atoms with Gasteiger partial charge in [0.05, 0.1) is 18.8 Å². The lowest BCUT2D eigenvalue weighted by Gasteiger charge is -2.25. The topological polar surface area (TPSA) is 29.5 Å². The van der Waals surface area contributed by atoms with E-state index in [-0.39, 0.29) is 12.2 Å². The monoisotopic (exact) mass is 170 g/mol. The van der Waals surface area contributed by atoms with Crippen molar-refractivity contribution in [3.8, 4) is 0 Å². The molecule has 0 heterocycles. The van der Waals surface area contributed by atoms with Crippen molar-refractivity contribution in [2.24, 2.45) is 0 Å². The molecule has 2 atom stereocenters. The first-order valence-electron chi connectivity index (χ1n) is 4.73. The molecule has 0 radical (unpaired) electrons. The number of aliphatic hydroxyl groups is 1. The molecule has 1 aliphatic carbocycles. The molecule has 0 saturated heterocycles. The molecule has 1 N–H and O–H groups in total. The van der Waals surface area contributed by atoms with Gasteiger partial charge in [0.25, 0.3) is 0 Å². The van der Waals surface area contributed by atoms with Crippen LogP contribution < -0.4 is 0 Å². The quantitative estimate of drug-likeness (QED) is 0.515. The minimum Gasteiger partial charge on any atom is -0.393 e. The van der Waals surface area contributed by atoms with Crippen LogP contribution in [0.1, 0.15) is 32.1 Å². The van der Waals surface area contributed by atoms with Gasteiger partial charge in [0, 0.05) is 0 Å². The molecular weight excluding hydrogens is 152 g/mol. The Morgan fingerprint density at radius 1 is 1.50 bits per heavy atom. The molecule has 0 aromatic rings. The molecule has 1 saturated carbocycles. The van der Waals surface area contributed by atoms with Crippen LogP contribution in [0.5, 0.6) is 0 Å². The van der Waals surface area contributed by atoms with Gasteiger partial charge in [0.1, 0.15) is 0 Å². The first-order chi connectivity index (χ1) is 5.83. The molecule has 1 aliphatic rings. The van der Waals surface area contributed by atoms with Crippen molar-refractivity contribution in [3.05, 3.63) is 12.7 Å². The van der Waals surface area contributed by atoms with Crippen LogP contribution in [-0.4, -0.2) is 23.9 Å². The minimum absolute atomic E-state index is 0.132. The SMILES string of the molecule is C=CCCOC1CCCC(O)C1. The molecule has 1 fully saturated rings. The Balaban J connectivity index is 2.09. The molecule has 0 bridgehead atoms. The van der Waals surface area contributed by atoms with Crippen LogP contribution >= 0.6 is 0 Å². The molecule has 0 aromatic heterocycles. The van der Waals surface area contributed by atoms with E-state index < -0.39 is 0 Å². The summed E-state index contributed by atoms with van der Waals surface area (Å²) in [4.78, 5) is 0. The highest BCUT2D eigenvalue weighted by Gasteiger charge is 2.19. The second kappa shape index (κ2) is 5.33. The van der Waals surface area contributed by atoms with Crippen LogP contribution in [0.2, 0.25) is 0 Å². The summed E-state index contributed by atoms with van der Waals surface area (Å²) in [6, 6.07) is 0. The third-order valence-electron chi connectivity index (χ3n) is 2.27. The van der Waals surface area contributed by atoms with Gasteiger partial charge in [-0.15, -0.1) is 6.58 Å². The zero-order valence-electron chi connectivity index (χ0n) is 7.54. The average molecular weight is 170 g/mol. The maximum Gasteiger partial charge on any atom is 0.0599 e. The summed E-state index contributed by atoms with van der Waals surface area (Å²) in [6.07, 6.45) is 6.89. The normalized spacial score (nSPS) is 30.1. The van der Waals surface area contributed by atoms with Gasteiger partial charge in [-0.25, -0.2) is 0 Å². The molecule has 1 rings (SSSR count). The summed E-state index contributed by atoms with van der Waals surface area (Å²) in [7, 11) is 0. The molecule has 0 aliphatic heterocycles. The first kappa shape index (κ1) is 9.75. The Hall–Kier alpha value is -0.340. The van der Waals surface area contributed by atoms with Crippen molar-refractivity contribution in [1.29, 1.82) is 0 Å². The van der Waals surface area contributed by atoms with E-state index in [1.807, 2.05) is 6.08 Å². The van der Waals surface area contributed by atoms with Crippen LogP contribution in [0.4, 0.5) is 0 Å². The van der Waals surface area contributed by atoms with E-state index in [4.69, 9.17) is 4.74 Å². The Morgan fingerprint density at radius 3 is 3.00 bits per heavy atom. The predicted molar refractivity (Wildman–Crippen MR) is 49.0 cm³/mol. The van der Waals surface area contributed by atoms with E-state index in [1.54, 1.807) is 0 Å². The van der Waals surface area contributed by atoms with Gasteiger partial charge in [0.2, 0.25) is 0 Å². The zero-order valence-corrected chi connectivity index (χ0v) is 7.54. The summed E-state index contributed by atoms with van der Waals surface area (Å²) < 4.78 is 5.56. The summed E-state index contributed by atoms with van der Waals surface area (Å²) in [6.45, 7) is 4.38. The summed E-state index contributed by atoms with van der Waals surface area (Å²) in [5.41, 5.74) is 0. The van der Waals surface area contributed by atoms with Gasteiger partial charge in [-0.2, -0.15) is 0 Å². The first-order valence-corrected chi connectivity index (χ1v) is 4.73. The standard InChI is InChI=1S/C10H18O2/c1-2-3-7-12-10-6-4-5-9(11)8-10/h2,9-11H,1,3-8H2. The lowest BCUT2D eigenvalue weighted by atomic mass is 9.95. The number of ether oxygens (including phenoxy) is 1. The van der Waals surface area contributed by atoms with Crippen LogP contribution in [0.3, 0.4) is 0 Å². The Morgan fingerprint density at radius 2 is 2.33 bits per heavy atom. The predicted octanol–water partition coefficient (Wildman–Crippen LogP) is 1.88. The van der Waals surface area contributed by atoms with Crippen LogP contribution in [0.15, 0.2) is 12.7 Å². The van der Waals surface area contributed by atoms with Crippen LogP contribution in [0.25, 0.3) is 0 Å². The van der Waals surface area contributed by atoms with E-state index in [1.165, 1.54) is 0 Å². The maximum atomic E-state index is 9.34. The molecular formula is C10H18O2. The largest absolute Gasteiger partial charge is 0.393 e. The summed E-state index contributed by atoms with van der Waals surface area (Å²) in [5.74, 6) is 0. The van der Waals surface area contributed by atoms with E-state index in [0.29, 0.717) is 0 Å². The molecule has 2 unspecified atom stereocenters. The van der Waals surface area contributed by atoms with Crippen molar-refractivity contribution < 1.29 is 9.84 Å². The van der Waals surface area contributed by atoms with Crippen molar-refractivity contribution in [1.82, 2.24) is 0 Å². The van der Waals surface area contributed by atoms with Gasteiger partial charge in [0.15, 0.2) is 0 Å². The minimum atomic E-state index is -0.132. The highest BCUT2D eigenvalue weighted by atomic mass is 16.5. The van der Waals surface area contributed by atoms with Gasteiger partial charge in [-0.05, 0) is 32.1 Å². The number of aliphatic hydroxyl groups excluding tert-OH is 1. The Labute approximate surface area is 74.2 Å². The third kappa shape index (κ3) is 3.37. The number of rotatable bonds is 4. The Bertz CT molecular complexity index is 134. The van der Waals surface area contributed by atoms with Gasteiger partial charge in [-0.3, -0.25) is 0 Å². The van der Waals surface area contributed by atoms with E-state index in [2.05, 4.69) is 6.58 Å². The van der Waals surface area contributed by atoms with Crippen molar-refractivity contribution in [3.63, 3.8) is 0 Å². The maximum absolute atomic E-state index is 9.34. The Kier molecular flexibility index (Phi) is 4.33. The fraction of sp³-hybridized carbons (Fsp3) is 0.800. The second-order valence-electron chi connectivity index (χ2n) is 3.39. The highest BCUT2D eigenvalue weighted by Crippen LogP contribution is 2.20. The van der Waals surface area contributed by atoms with E-state index >= 15 is 0 Å². The summed E-state index contributed by atoms with van der Waals surface area (Å²) >= 11 is 0. The average Bonchev–Trinajstić information content (AvgIpc) is 2.05. The second-order valence-corrected chi connectivity index (χ2v) is 3.39. The molecule has 0 amide bonds. The number of hydrogen-bond donors (Lipinski definition) is 1. The van der Waals surface area contributed by atoms with Crippen LogP contribution in [-0.2, 0) is 4.74 Å². The fourth-order valence-electron chi connectivity index (χ4n) is 1.59. The third-order valence-corrected chi connectivity index (χ3v) is 2.27. The van der Waals surface area contributed by atoms with Crippen molar-refractivity contribution in [2.45, 2.75) is 44.3 Å². The fourth-order valence-corrected chi connectivity index (χ4v) is 1.59. The zero-order chi connectivity index (χ0) is 8.81. The van der Waals surface area contributed by atoms with Gasteiger partial charge < -0.3 is 9.84 Å². The molecule has 2 heteroatoms. The van der Waals surface area contributed by atoms with E-state index in [0.717, 1.165) is 38.7 Å². The molecule has 2 nitrogen and oxygen atoms in total. The summed E-state index contributed by atoms with van der Waals surface area (Å²) in [5, 5.41) is 9.34. The smallest absolute Gasteiger partial charge is 0.0599 e. The van der Waals surface area contributed by atoms with Crippen molar-refractivity contribution >= 4 is 0 Å². The highest BCUT2D eigenvalue weighted by molar-refractivity contribution is 4.73. The van der Waals surface area contributed by atoms with Crippen LogP contribution in [0, 0.1) is 0 Å². The molecule has 0 spiro atoms. The van der Waals surface area contributed by atoms with Gasteiger partial charge >= 0.3 is 0 Å². The molecule has 0 aromatic carbocycles. The van der Waals surface area contributed by atoms with Crippen molar-refractivity contribution in [2.75, 3.05) is 6.61 Å². The lowest BCUT2D eigenvalue weighted by molar-refractivity contribution is -0.0126. The lowest BCUT2D eigenvalue weighted by Crippen LogP contribution is -2.26. The van der Waals surface area contributed by atoms with E-state index in [9.17, 15) is 5.11 Å². The van der Waals surface area contributed by atoms with Gasteiger partial charge in [-0.1, -0.05) is 6.08 Å². The number of hydrogen-bond acceptors (Lipinski definition) is 2. The molecule has 70 valence electrons.